The predicted octanol–water partition coefficient (Wildman–Crippen LogP) is 19.9. The van der Waals surface area contributed by atoms with Crippen LogP contribution in [0, 0.1) is 10.8 Å². The van der Waals surface area contributed by atoms with Crippen LogP contribution in [0.5, 0.6) is 34.5 Å². The maximum absolute atomic E-state index is 13.7. The fourth-order valence-electron chi connectivity index (χ4n) is 12.3. The van der Waals surface area contributed by atoms with Gasteiger partial charge in [0, 0.05) is 86.1 Å². The summed E-state index contributed by atoms with van der Waals surface area (Å²) in [5, 5.41) is 16.0. The number of hydrogen-bond donors (Lipinski definition) is 2. The lowest BCUT2D eigenvalue weighted by Crippen LogP contribution is -2.36. The van der Waals surface area contributed by atoms with Gasteiger partial charge in [0.25, 0.3) is 11.9 Å². The molecular formula is C82H112Cl2N4O14S8+4. The average Bonchev–Trinajstić information content (AvgIpc) is 1.49. The summed E-state index contributed by atoms with van der Waals surface area (Å²) in [5.41, 5.74) is 2.28. The van der Waals surface area contributed by atoms with Gasteiger partial charge in [-0.15, -0.1) is 0 Å². The summed E-state index contributed by atoms with van der Waals surface area (Å²) >= 11 is 13.7. The molecule has 0 aromatic heterocycles. The second-order valence-electron chi connectivity index (χ2n) is 31.1. The number of benzene rings is 6. The van der Waals surface area contributed by atoms with Crippen molar-refractivity contribution >= 4 is 145 Å². The number of rotatable bonds is 32. The minimum atomic E-state index is -1.20. The van der Waals surface area contributed by atoms with Crippen molar-refractivity contribution in [3.8, 4) is 34.5 Å². The monoisotopic (exact) mass is 1700 g/mol. The summed E-state index contributed by atoms with van der Waals surface area (Å²) in [6, 6.07) is 33.4. The van der Waals surface area contributed by atoms with Crippen molar-refractivity contribution in [3.05, 3.63) is 164 Å². The maximum atomic E-state index is 13.7. The molecule has 4 aliphatic heterocycles. The fraction of sp³-hybridized carbons (Fsp3) is 0.488. The zero-order valence-electron chi connectivity index (χ0n) is 67.3. The molecule has 18 nitrogen and oxygen atoms in total. The van der Waals surface area contributed by atoms with Gasteiger partial charge in [-0.3, -0.25) is 19.2 Å². The van der Waals surface area contributed by atoms with Crippen molar-refractivity contribution in [2.45, 2.75) is 108 Å². The average molecular weight is 1710 g/mol. The number of quaternary nitrogens is 4. The van der Waals surface area contributed by atoms with Gasteiger partial charge in [-0.25, -0.2) is 9.59 Å². The Morgan fingerprint density at radius 1 is 0.436 bits per heavy atom. The molecule has 28 heteroatoms. The van der Waals surface area contributed by atoms with Gasteiger partial charge >= 0.3 is 17.9 Å². The highest BCUT2D eigenvalue weighted by molar-refractivity contribution is 8.77. The third-order valence-corrected chi connectivity index (χ3v) is 29.4. The van der Waals surface area contributed by atoms with Crippen LogP contribution in [0.25, 0.3) is 0 Å². The largest absolute Gasteiger partial charge is 0.497 e. The van der Waals surface area contributed by atoms with Gasteiger partial charge in [-0.2, -0.15) is 0 Å². The number of fused-ring (bicyclic) bond motifs is 12. The molecule has 0 bridgehead atoms. The third kappa shape index (κ3) is 25.5. The molecule has 110 heavy (non-hydrogen) atoms. The number of carboxylic acid groups (broad SMARTS) is 2. The molecule has 6 aromatic carbocycles. The molecule has 1 atom stereocenters. The number of esters is 3. The molecule has 0 fully saturated rings. The fourth-order valence-corrected chi connectivity index (χ4v) is 22.9. The number of carboxylic acids is 2. The van der Waals surface area contributed by atoms with Gasteiger partial charge < -0.3 is 56.6 Å². The van der Waals surface area contributed by atoms with Crippen LogP contribution in [0.3, 0.4) is 0 Å². The summed E-state index contributed by atoms with van der Waals surface area (Å²) in [5.74, 6) is 7.06. The van der Waals surface area contributed by atoms with Gasteiger partial charge in [0.05, 0.1) is 167 Å². The number of halogens is 2. The molecule has 2 spiro atoms. The van der Waals surface area contributed by atoms with Gasteiger partial charge in [-0.05, 0) is 106 Å². The standard InChI is InChI=1S/C34H40NO6S2.C30H34Cl2N2O3S4.C14H30NOS2.2C2H4O2/c1-7-33(8-2,17-19-42-43-20-18-35(3,4)5)32(37)39-24-14-16-28-30(22-24)40-29-21-23(38-6)13-15-27(29)34(28)26-12-10-9-11-25(26)31(36)41-34;1-33(2,3)11-13-38-40-27-17-25-21(15-23(27)31)30(20-10-8-7-9-19(20)29(35)37-30)22-16-24(32)28(18-26(22)36-25)41-39-14-12-34(4,5)6;1-7-14(8-2,13(3)16)9-11-17-18-12-10-15(4,5)6;2*1-2(3)4/h9-16,21-22H,7-8,17-20H2,1-6H3;7-10,15-18H,11-14H2,1-6H3;7-12H2,1-6H3;2*1H3,(H,3,4)/q+1;+2;+1;;. The van der Waals surface area contributed by atoms with Crippen molar-refractivity contribution in [1.29, 1.82) is 0 Å². The Hall–Kier alpha value is -5.04. The van der Waals surface area contributed by atoms with Crippen LogP contribution in [0.2, 0.25) is 10.0 Å². The Balaban J connectivity index is 0.000000262. The van der Waals surface area contributed by atoms with Crippen LogP contribution in [-0.4, -0.2) is 216 Å². The van der Waals surface area contributed by atoms with Gasteiger partial charge in [-0.1, -0.05) is 174 Å². The Bertz CT molecular complexity index is 4080. The highest BCUT2D eigenvalue weighted by Gasteiger charge is 2.56. The van der Waals surface area contributed by atoms with E-state index >= 15 is 0 Å². The summed E-state index contributed by atoms with van der Waals surface area (Å²) in [7, 11) is 42.3. The SMILES string of the molecule is CC(=O)O.CC(=O)O.CCC(CC)(CCSSCC[N+](C)(C)C)C(=O)Oc1ccc2c(c1)Oc1cc(OC)ccc1C21OC(=O)c2ccccc21.CCC(CC)(CCSSCC[N+](C)(C)C)C(C)=O.C[N+](C)(C)CCSSc1cc2c(cc1Cl)C1(OC(=O)c3ccccc31)c1cc(Cl)c(SSCC[N+](C)(C)C)cc1O2. The van der Waals surface area contributed by atoms with E-state index in [1.165, 1.54) is 12.3 Å². The van der Waals surface area contributed by atoms with Crippen molar-refractivity contribution in [2.75, 3.05) is 152 Å². The van der Waals surface area contributed by atoms with E-state index in [1.54, 1.807) is 87.5 Å². The molecule has 0 saturated carbocycles. The number of Topliss-reactive ketones (excluding diaryl/α,β-unsaturated/α-hetero) is 1. The zero-order valence-corrected chi connectivity index (χ0v) is 75.4. The first-order valence-electron chi connectivity index (χ1n) is 36.5. The Morgan fingerprint density at radius 3 is 1.13 bits per heavy atom. The van der Waals surface area contributed by atoms with E-state index in [0.29, 0.717) is 96.5 Å². The highest BCUT2D eigenvalue weighted by atomic mass is 35.5. The maximum Gasteiger partial charge on any atom is 0.340 e. The molecule has 0 radical (unpaired) electrons. The second-order valence-corrected chi connectivity index (χ2v) is 42.3. The normalized spacial score (nSPS) is 14.9. The summed E-state index contributed by atoms with van der Waals surface area (Å²) in [6.07, 6.45) is 5.10. The van der Waals surface area contributed by atoms with E-state index in [-0.39, 0.29) is 17.4 Å². The molecule has 2 N–H and O–H groups in total. The van der Waals surface area contributed by atoms with Crippen LogP contribution in [0.15, 0.2) is 119 Å². The number of methoxy groups -OCH3 is 1. The lowest BCUT2D eigenvalue weighted by Gasteiger charge is -2.37. The Kier molecular flexibility index (Phi) is 35.4. The molecule has 10 rings (SSSR count). The number of carbonyl (C=O) groups is 6. The summed E-state index contributed by atoms with van der Waals surface area (Å²) < 4.78 is 40.7. The smallest absolute Gasteiger partial charge is 0.340 e. The predicted molar refractivity (Wildman–Crippen MR) is 462 cm³/mol. The number of ether oxygens (including phenoxy) is 6. The molecule has 4 heterocycles. The van der Waals surface area contributed by atoms with Crippen LogP contribution >= 0.6 is 110 Å². The molecule has 4 aliphatic rings. The quantitative estimate of drug-likeness (QED) is 0.0133. The van der Waals surface area contributed by atoms with E-state index in [2.05, 4.69) is 112 Å². The Labute approximate surface area is 694 Å². The van der Waals surface area contributed by atoms with Crippen molar-refractivity contribution in [2.24, 2.45) is 10.8 Å². The minimum Gasteiger partial charge on any atom is -0.497 e. The first-order chi connectivity index (χ1) is 51.6. The number of hydrogen-bond acceptors (Lipinski definition) is 20. The van der Waals surface area contributed by atoms with E-state index in [4.69, 9.17) is 71.4 Å². The molecule has 6 aromatic rings. The number of nitrogens with zero attached hydrogens (tertiary/aromatic N) is 4. The van der Waals surface area contributed by atoms with Crippen molar-refractivity contribution in [3.63, 3.8) is 0 Å². The van der Waals surface area contributed by atoms with Crippen molar-refractivity contribution < 1.29 is 85.3 Å². The molecule has 0 aliphatic carbocycles. The molecule has 602 valence electrons. The number of aliphatic carboxylic acids is 2. The first-order valence-corrected chi connectivity index (χ1v) is 46.9. The van der Waals surface area contributed by atoms with Crippen LogP contribution < -0.4 is 18.9 Å². The number of ketones is 1. The molecule has 1 unspecified atom stereocenters. The molecule has 0 saturated heterocycles. The van der Waals surface area contributed by atoms with E-state index in [1.807, 2.05) is 122 Å². The summed E-state index contributed by atoms with van der Waals surface area (Å²) in [4.78, 5) is 71.6. The van der Waals surface area contributed by atoms with Crippen LogP contribution in [0.1, 0.15) is 141 Å². The molecular weight excluding hydrogens is 1590 g/mol. The van der Waals surface area contributed by atoms with E-state index < -0.39 is 34.5 Å². The number of carbonyl (C=O) groups excluding carboxylic acids is 4. The van der Waals surface area contributed by atoms with Crippen LogP contribution in [0.4, 0.5) is 0 Å². The summed E-state index contributed by atoms with van der Waals surface area (Å²) in [6.45, 7) is 16.7. The van der Waals surface area contributed by atoms with Gasteiger partial charge in [0.15, 0.2) is 11.2 Å². The second kappa shape index (κ2) is 41.5. The van der Waals surface area contributed by atoms with Crippen molar-refractivity contribution in [1.82, 2.24) is 0 Å². The lowest BCUT2D eigenvalue weighted by atomic mass is 9.76. The lowest BCUT2D eigenvalue weighted by molar-refractivity contribution is -0.867. The van der Waals surface area contributed by atoms with Gasteiger partial charge in [0.1, 0.15) is 40.3 Å². The highest BCUT2D eigenvalue weighted by Crippen LogP contribution is 2.61. The third-order valence-electron chi connectivity index (χ3n) is 19.0. The van der Waals surface area contributed by atoms with E-state index in [0.717, 1.165) is 127 Å². The van der Waals surface area contributed by atoms with Crippen LogP contribution in [-0.2, 0) is 39.9 Å². The zero-order chi connectivity index (χ0) is 81.8. The minimum absolute atomic E-state index is 0.0619. The topological polar surface area (TPSA) is 198 Å². The first kappa shape index (κ1) is 93.8. The van der Waals surface area contributed by atoms with Gasteiger partial charge in [0.2, 0.25) is 0 Å². The molecule has 0 amide bonds. The Morgan fingerprint density at radius 2 is 0.764 bits per heavy atom. The van der Waals surface area contributed by atoms with E-state index in [9.17, 15) is 19.2 Å².